The van der Waals surface area contributed by atoms with Crippen molar-refractivity contribution in [3.05, 3.63) is 34.3 Å². The maximum atomic E-state index is 10.1. The average Bonchev–Trinajstić information content (AvgIpc) is 2.46. The fourth-order valence-electron chi connectivity index (χ4n) is 1.92. The Kier molecular flexibility index (Phi) is 5.54. The largest absolute Gasteiger partial charge is 0.386 e. The fourth-order valence-corrected chi connectivity index (χ4v) is 3.37. The van der Waals surface area contributed by atoms with Gasteiger partial charge in [-0.25, -0.2) is 0 Å². The average molecular weight is 344 g/mol. The van der Waals surface area contributed by atoms with E-state index in [0.29, 0.717) is 5.96 Å². The molecule has 19 heavy (non-hydrogen) atoms. The Labute approximate surface area is 126 Å². The van der Waals surface area contributed by atoms with Gasteiger partial charge in [-0.05, 0) is 11.6 Å². The van der Waals surface area contributed by atoms with Crippen LogP contribution >= 0.6 is 27.7 Å². The molecule has 1 atom stereocenters. The second kappa shape index (κ2) is 7.17. The molecule has 104 valence electrons. The molecule has 1 aromatic carbocycles. The summed E-state index contributed by atoms with van der Waals surface area (Å²) in [6.07, 6.45) is -0.631. The first-order valence-corrected chi connectivity index (χ1v) is 8.18. The van der Waals surface area contributed by atoms with Crippen LogP contribution in [0.2, 0.25) is 0 Å². The molecular formula is C13H18BrN3OS. The smallest absolute Gasteiger partial charge is 0.191 e. The molecule has 0 aliphatic carbocycles. The summed E-state index contributed by atoms with van der Waals surface area (Å²) in [5, 5.41) is 10.1. The quantitative estimate of drug-likeness (QED) is 0.649. The molecule has 1 saturated heterocycles. The van der Waals surface area contributed by atoms with Gasteiger partial charge in [-0.15, -0.1) is 0 Å². The molecule has 1 aliphatic rings. The minimum absolute atomic E-state index is 0.290. The van der Waals surface area contributed by atoms with E-state index in [-0.39, 0.29) is 6.54 Å². The molecule has 1 unspecified atom stereocenters. The number of rotatable bonds is 3. The van der Waals surface area contributed by atoms with Gasteiger partial charge < -0.3 is 15.7 Å². The van der Waals surface area contributed by atoms with Gasteiger partial charge >= 0.3 is 0 Å². The number of nitrogens with zero attached hydrogens (tertiary/aromatic N) is 2. The Balaban J connectivity index is 1.95. The van der Waals surface area contributed by atoms with E-state index in [4.69, 9.17) is 5.73 Å². The van der Waals surface area contributed by atoms with E-state index in [9.17, 15) is 5.11 Å². The molecule has 3 N–H and O–H groups in total. The first kappa shape index (κ1) is 14.7. The molecule has 6 heteroatoms. The minimum Gasteiger partial charge on any atom is -0.386 e. The van der Waals surface area contributed by atoms with Crippen LogP contribution < -0.4 is 5.73 Å². The zero-order valence-electron chi connectivity index (χ0n) is 10.6. The topological polar surface area (TPSA) is 61.9 Å². The predicted molar refractivity (Wildman–Crippen MR) is 84.5 cm³/mol. The summed E-state index contributed by atoms with van der Waals surface area (Å²) in [6.45, 7) is 2.16. The number of aliphatic hydroxyl groups is 1. The van der Waals surface area contributed by atoms with Gasteiger partial charge in [-0.2, -0.15) is 11.8 Å². The Hall–Kier alpha value is -0.720. The third kappa shape index (κ3) is 4.12. The van der Waals surface area contributed by atoms with E-state index in [1.165, 1.54) is 0 Å². The number of halogens is 1. The lowest BCUT2D eigenvalue weighted by atomic mass is 10.1. The van der Waals surface area contributed by atoms with E-state index in [0.717, 1.165) is 34.6 Å². The van der Waals surface area contributed by atoms with Crippen molar-refractivity contribution >= 4 is 33.7 Å². The van der Waals surface area contributed by atoms with E-state index < -0.39 is 6.10 Å². The van der Waals surface area contributed by atoms with Gasteiger partial charge in [0.15, 0.2) is 5.96 Å². The van der Waals surface area contributed by atoms with Gasteiger partial charge in [0.1, 0.15) is 0 Å². The van der Waals surface area contributed by atoms with Crippen molar-refractivity contribution in [1.82, 2.24) is 4.90 Å². The molecule has 0 aromatic heterocycles. The minimum atomic E-state index is -0.631. The Bertz CT molecular complexity index is 449. The number of hydrogen-bond acceptors (Lipinski definition) is 3. The predicted octanol–water partition coefficient (Wildman–Crippen LogP) is 1.85. The number of thioether (sulfide) groups is 1. The maximum Gasteiger partial charge on any atom is 0.191 e. The molecule has 0 radical (unpaired) electrons. The summed E-state index contributed by atoms with van der Waals surface area (Å²) in [5.74, 6) is 2.71. The van der Waals surface area contributed by atoms with Crippen molar-refractivity contribution in [1.29, 1.82) is 0 Å². The molecule has 4 nitrogen and oxygen atoms in total. The Morgan fingerprint density at radius 3 is 2.79 bits per heavy atom. The first-order valence-electron chi connectivity index (χ1n) is 6.23. The van der Waals surface area contributed by atoms with Gasteiger partial charge in [0, 0.05) is 29.1 Å². The summed E-state index contributed by atoms with van der Waals surface area (Å²) in [4.78, 5) is 6.38. The molecule has 0 saturated carbocycles. The fraction of sp³-hybridized carbons (Fsp3) is 0.462. The van der Waals surface area contributed by atoms with Gasteiger partial charge in [-0.1, -0.05) is 34.1 Å². The van der Waals surface area contributed by atoms with Gasteiger partial charge in [0.05, 0.1) is 12.6 Å². The number of hydrogen-bond donors (Lipinski definition) is 2. The summed E-state index contributed by atoms with van der Waals surface area (Å²) >= 11 is 5.36. The van der Waals surface area contributed by atoms with Crippen LogP contribution in [0.5, 0.6) is 0 Å². The van der Waals surface area contributed by atoms with Gasteiger partial charge in [0.2, 0.25) is 0 Å². The second-order valence-corrected chi connectivity index (χ2v) is 6.41. The number of aliphatic imine (C=N–C) groups is 1. The van der Waals surface area contributed by atoms with Crippen molar-refractivity contribution < 1.29 is 5.11 Å². The van der Waals surface area contributed by atoms with E-state index >= 15 is 0 Å². The van der Waals surface area contributed by atoms with Crippen molar-refractivity contribution in [3.63, 3.8) is 0 Å². The third-order valence-electron chi connectivity index (χ3n) is 3.03. The lowest BCUT2D eigenvalue weighted by Gasteiger charge is -2.27. The van der Waals surface area contributed by atoms with Crippen LogP contribution in [0.4, 0.5) is 0 Å². The second-order valence-electron chi connectivity index (χ2n) is 4.34. The van der Waals surface area contributed by atoms with Crippen LogP contribution in [0, 0.1) is 0 Å². The van der Waals surface area contributed by atoms with Crippen molar-refractivity contribution in [2.24, 2.45) is 10.7 Å². The highest BCUT2D eigenvalue weighted by atomic mass is 79.9. The standard InChI is InChI=1S/C13H18BrN3OS/c14-11-4-2-1-3-10(11)12(18)9-16-13(15)17-5-7-19-8-6-17/h1-4,12,18H,5-9H2,(H2,15,16). The van der Waals surface area contributed by atoms with Gasteiger partial charge in [0.25, 0.3) is 0 Å². The van der Waals surface area contributed by atoms with Crippen LogP contribution in [0.3, 0.4) is 0 Å². The summed E-state index contributed by atoms with van der Waals surface area (Å²) < 4.78 is 0.894. The lowest BCUT2D eigenvalue weighted by Crippen LogP contribution is -2.42. The Morgan fingerprint density at radius 2 is 2.11 bits per heavy atom. The molecule has 1 heterocycles. The van der Waals surface area contributed by atoms with Crippen LogP contribution in [0.1, 0.15) is 11.7 Å². The molecule has 1 aromatic rings. The Morgan fingerprint density at radius 1 is 1.42 bits per heavy atom. The SMILES string of the molecule is NC(=NCC(O)c1ccccc1Br)N1CCSCC1. The molecule has 0 amide bonds. The van der Waals surface area contributed by atoms with Crippen molar-refractivity contribution in [2.75, 3.05) is 31.1 Å². The monoisotopic (exact) mass is 343 g/mol. The molecule has 0 bridgehead atoms. The highest BCUT2D eigenvalue weighted by Gasteiger charge is 2.14. The maximum absolute atomic E-state index is 10.1. The molecular weight excluding hydrogens is 326 g/mol. The molecule has 1 aliphatic heterocycles. The highest BCUT2D eigenvalue weighted by Crippen LogP contribution is 2.23. The summed E-state index contributed by atoms with van der Waals surface area (Å²) in [6, 6.07) is 7.62. The summed E-state index contributed by atoms with van der Waals surface area (Å²) in [7, 11) is 0. The van der Waals surface area contributed by atoms with E-state index in [2.05, 4.69) is 25.8 Å². The highest BCUT2D eigenvalue weighted by molar-refractivity contribution is 9.10. The molecule has 0 spiro atoms. The first-order chi connectivity index (χ1) is 9.18. The third-order valence-corrected chi connectivity index (χ3v) is 4.69. The van der Waals surface area contributed by atoms with Crippen LogP contribution in [0.25, 0.3) is 0 Å². The lowest BCUT2D eigenvalue weighted by molar-refractivity contribution is 0.186. The van der Waals surface area contributed by atoms with Gasteiger partial charge in [-0.3, -0.25) is 4.99 Å². The van der Waals surface area contributed by atoms with Crippen LogP contribution in [0.15, 0.2) is 33.7 Å². The number of benzene rings is 1. The van der Waals surface area contributed by atoms with Crippen molar-refractivity contribution in [2.45, 2.75) is 6.10 Å². The summed E-state index contributed by atoms with van der Waals surface area (Å²) in [5.41, 5.74) is 6.80. The molecule has 2 rings (SSSR count). The van der Waals surface area contributed by atoms with Crippen molar-refractivity contribution in [3.8, 4) is 0 Å². The normalized spacial score (nSPS) is 18.4. The zero-order chi connectivity index (χ0) is 13.7. The number of guanidine groups is 1. The zero-order valence-corrected chi connectivity index (χ0v) is 13.0. The molecule has 1 fully saturated rings. The van der Waals surface area contributed by atoms with Crippen LogP contribution in [-0.2, 0) is 0 Å². The van der Waals surface area contributed by atoms with E-state index in [1.807, 2.05) is 36.0 Å². The van der Waals surface area contributed by atoms with Crippen LogP contribution in [-0.4, -0.2) is 47.1 Å². The number of nitrogens with two attached hydrogens (primary N) is 1. The van der Waals surface area contributed by atoms with E-state index in [1.54, 1.807) is 0 Å². The number of aliphatic hydroxyl groups excluding tert-OH is 1.